The van der Waals surface area contributed by atoms with E-state index in [2.05, 4.69) is 21.2 Å². The van der Waals surface area contributed by atoms with Crippen LogP contribution in [0.2, 0.25) is 0 Å². The minimum atomic E-state index is -1.27. The third kappa shape index (κ3) is 4.12. The fourth-order valence-electron chi connectivity index (χ4n) is 1.90. The first-order chi connectivity index (χ1) is 9.88. The Morgan fingerprint density at radius 3 is 2.57 bits per heavy atom. The second kappa shape index (κ2) is 6.37. The number of halogens is 2. The lowest BCUT2D eigenvalue weighted by atomic mass is 9.96. The normalized spacial score (nSPS) is 13.5. The Balaban J connectivity index is 2.04. The maximum absolute atomic E-state index is 12.9. The van der Waals surface area contributed by atoms with Gasteiger partial charge in [0.2, 0.25) is 0 Å². The fourth-order valence-corrected chi connectivity index (χ4v) is 2.29. The number of aliphatic hydroxyl groups is 1. The van der Waals surface area contributed by atoms with Crippen molar-refractivity contribution in [1.82, 2.24) is 5.32 Å². The van der Waals surface area contributed by atoms with Gasteiger partial charge in [-0.05, 0) is 42.8 Å². The third-order valence-corrected chi connectivity index (χ3v) is 3.64. The minimum Gasteiger partial charge on any atom is -0.384 e. The molecule has 1 amide bonds. The molecule has 0 bridgehead atoms. The molecule has 0 radical (unpaired) electrons. The van der Waals surface area contributed by atoms with Crippen LogP contribution in [0.15, 0.2) is 53.0 Å². The van der Waals surface area contributed by atoms with E-state index in [1.165, 1.54) is 24.3 Å². The van der Waals surface area contributed by atoms with E-state index in [0.29, 0.717) is 11.1 Å². The van der Waals surface area contributed by atoms with Gasteiger partial charge in [0.05, 0.1) is 6.54 Å². The lowest BCUT2D eigenvalue weighted by Gasteiger charge is -2.24. The van der Waals surface area contributed by atoms with E-state index in [4.69, 9.17) is 0 Å². The van der Waals surface area contributed by atoms with Crippen molar-refractivity contribution >= 4 is 21.8 Å². The van der Waals surface area contributed by atoms with E-state index in [1.54, 1.807) is 25.1 Å². The molecule has 0 aliphatic rings. The number of carbonyl (C=O) groups excluding carboxylic acids is 1. The second-order valence-corrected chi connectivity index (χ2v) is 5.89. The van der Waals surface area contributed by atoms with E-state index in [9.17, 15) is 14.3 Å². The fraction of sp³-hybridized carbons (Fsp3) is 0.188. The summed E-state index contributed by atoms with van der Waals surface area (Å²) in [7, 11) is 0. The lowest BCUT2D eigenvalue weighted by molar-refractivity contribution is 0.0526. The predicted molar refractivity (Wildman–Crippen MR) is 82.4 cm³/mol. The molecule has 0 saturated carbocycles. The molecule has 2 aromatic carbocycles. The summed E-state index contributed by atoms with van der Waals surface area (Å²) in [5.74, 6) is -0.647. The minimum absolute atomic E-state index is 0.0317. The first-order valence-electron chi connectivity index (χ1n) is 6.41. The number of benzene rings is 2. The highest BCUT2D eigenvalue weighted by Gasteiger charge is 2.24. The summed E-state index contributed by atoms with van der Waals surface area (Å²) in [4.78, 5) is 12.0. The maximum atomic E-state index is 12.9. The van der Waals surface area contributed by atoms with Crippen LogP contribution in [0.3, 0.4) is 0 Å². The van der Waals surface area contributed by atoms with Crippen molar-refractivity contribution in [3.8, 4) is 0 Å². The molecular weight excluding hydrogens is 337 g/mol. The molecule has 0 saturated heterocycles. The lowest BCUT2D eigenvalue weighted by Crippen LogP contribution is -2.38. The van der Waals surface area contributed by atoms with Crippen LogP contribution >= 0.6 is 15.9 Å². The Kier molecular flexibility index (Phi) is 4.75. The largest absolute Gasteiger partial charge is 0.384 e. The molecule has 0 aliphatic carbocycles. The average molecular weight is 352 g/mol. The van der Waals surface area contributed by atoms with Gasteiger partial charge in [0, 0.05) is 10.0 Å². The Morgan fingerprint density at radius 2 is 1.95 bits per heavy atom. The van der Waals surface area contributed by atoms with Crippen LogP contribution in [0, 0.1) is 5.82 Å². The van der Waals surface area contributed by atoms with Crippen LogP contribution in [0.4, 0.5) is 4.39 Å². The molecule has 0 spiro atoms. The average Bonchev–Trinajstić information content (AvgIpc) is 2.45. The molecule has 2 N–H and O–H groups in total. The second-order valence-electron chi connectivity index (χ2n) is 4.97. The predicted octanol–water partition coefficient (Wildman–Crippen LogP) is 3.23. The van der Waals surface area contributed by atoms with Crippen LogP contribution < -0.4 is 5.32 Å². The van der Waals surface area contributed by atoms with E-state index in [0.717, 1.165) is 4.47 Å². The number of carbonyl (C=O) groups is 1. The van der Waals surface area contributed by atoms with Gasteiger partial charge in [-0.1, -0.05) is 34.1 Å². The summed E-state index contributed by atoms with van der Waals surface area (Å²) in [6.45, 7) is 1.60. The van der Waals surface area contributed by atoms with Gasteiger partial charge in [-0.3, -0.25) is 4.79 Å². The summed E-state index contributed by atoms with van der Waals surface area (Å²) in [5.41, 5.74) is -0.229. The molecule has 21 heavy (non-hydrogen) atoms. The van der Waals surface area contributed by atoms with Gasteiger partial charge in [-0.2, -0.15) is 0 Å². The van der Waals surface area contributed by atoms with Crippen molar-refractivity contribution in [3.05, 3.63) is 69.9 Å². The molecule has 1 unspecified atom stereocenters. The molecule has 110 valence electrons. The Morgan fingerprint density at radius 1 is 1.29 bits per heavy atom. The zero-order valence-electron chi connectivity index (χ0n) is 11.4. The van der Waals surface area contributed by atoms with E-state index in [-0.39, 0.29) is 18.3 Å². The SMILES string of the molecule is CC(O)(CNC(=O)c1cccc(Br)c1)c1ccc(F)cc1. The monoisotopic (exact) mass is 351 g/mol. The summed E-state index contributed by atoms with van der Waals surface area (Å²) >= 11 is 3.30. The Bertz CT molecular complexity index is 641. The third-order valence-electron chi connectivity index (χ3n) is 3.15. The summed E-state index contributed by atoms with van der Waals surface area (Å²) in [5, 5.41) is 13.1. The smallest absolute Gasteiger partial charge is 0.251 e. The van der Waals surface area contributed by atoms with Gasteiger partial charge in [0.1, 0.15) is 11.4 Å². The van der Waals surface area contributed by atoms with Crippen LogP contribution in [0.1, 0.15) is 22.8 Å². The number of nitrogens with one attached hydrogen (secondary N) is 1. The van der Waals surface area contributed by atoms with Crippen LogP contribution in [0.5, 0.6) is 0 Å². The molecule has 0 aromatic heterocycles. The van der Waals surface area contributed by atoms with Crippen LogP contribution in [-0.2, 0) is 5.60 Å². The highest BCUT2D eigenvalue weighted by molar-refractivity contribution is 9.10. The van der Waals surface area contributed by atoms with Crippen LogP contribution in [0.25, 0.3) is 0 Å². The van der Waals surface area contributed by atoms with Crippen molar-refractivity contribution in [2.24, 2.45) is 0 Å². The molecular formula is C16H15BrFNO2. The molecule has 1 atom stereocenters. The molecule has 3 nitrogen and oxygen atoms in total. The van der Waals surface area contributed by atoms with Gasteiger partial charge >= 0.3 is 0 Å². The first-order valence-corrected chi connectivity index (χ1v) is 7.20. The topological polar surface area (TPSA) is 49.3 Å². The number of rotatable bonds is 4. The quantitative estimate of drug-likeness (QED) is 0.888. The number of hydrogen-bond donors (Lipinski definition) is 2. The molecule has 5 heteroatoms. The standard InChI is InChI=1S/C16H15BrFNO2/c1-16(21,12-5-7-14(18)8-6-12)10-19-15(20)11-3-2-4-13(17)9-11/h2-9,21H,10H2,1H3,(H,19,20). The van der Waals surface area contributed by atoms with E-state index in [1.807, 2.05) is 6.07 Å². The van der Waals surface area contributed by atoms with Crippen molar-refractivity contribution < 1.29 is 14.3 Å². The van der Waals surface area contributed by atoms with Gasteiger partial charge in [0.15, 0.2) is 0 Å². The zero-order chi connectivity index (χ0) is 15.5. The van der Waals surface area contributed by atoms with Crippen LogP contribution in [-0.4, -0.2) is 17.6 Å². The number of hydrogen-bond acceptors (Lipinski definition) is 2. The van der Waals surface area contributed by atoms with Crippen molar-refractivity contribution in [3.63, 3.8) is 0 Å². The summed E-state index contributed by atoms with van der Waals surface area (Å²) in [6, 6.07) is 12.5. The summed E-state index contributed by atoms with van der Waals surface area (Å²) < 4.78 is 13.7. The maximum Gasteiger partial charge on any atom is 0.251 e. The molecule has 0 fully saturated rings. The van der Waals surface area contributed by atoms with E-state index >= 15 is 0 Å². The first kappa shape index (κ1) is 15.7. The number of amides is 1. The molecule has 2 aromatic rings. The highest BCUT2D eigenvalue weighted by atomic mass is 79.9. The molecule has 0 heterocycles. The Labute approximate surface area is 130 Å². The molecule has 0 aliphatic heterocycles. The van der Waals surface area contributed by atoms with E-state index < -0.39 is 5.60 Å². The Hall–Kier alpha value is -1.72. The molecule has 2 rings (SSSR count). The van der Waals surface area contributed by atoms with Crippen molar-refractivity contribution in [2.45, 2.75) is 12.5 Å². The van der Waals surface area contributed by atoms with Gasteiger partial charge < -0.3 is 10.4 Å². The van der Waals surface area contributed by atoms with Crippen molar-refractivity contribution in [2.75, 3.05) is 6.54 Å². The van der Waals surface area contributed by atoms with Crippen molar-refractivity contribution in [1.29, 1.82) is 0 Å². The van der Waals surface area contributed by atoms with Gasteiger partial charge in [-0.25, -0.2) is 4.39 Å². The van der Waals surface area contributed by atoms with Gasteiger partial charge in [0.25, 0.3) is 5.91 Å². The van der Waals surface area contributed by atoms with Gasteiger partial charge in [-0.15, -0.1) is 0 Å². The summed E-state index contributed by atoms with van der Waals surface area (Å²) in [6.07, 6.45) is 0. The highest BCUT2D eigenvalue weighted by Crippen LogP contribution is 2.20. The zero-order valence-corrected chi connectivity index (χ0v) is 13.0.